The van der Waals surface area contributed by atoms with Gasteiger partial charge in [0.1, 0.15) is 5.82 Å². The minimum atomic E-state index is -1.18. The molecule has 1 atom stereocenters. The van der Waals surface area contributed by atoms with Crippen LogP contribution in [0, 0.1) is 5.82 Å². The van der Waals surface area contributed by atoms with E-state index >= 15 is 0 Å². The Morgan fingerprint density at radius 2 is 2.12 bits per heavy atom. The van der Waals surface area contributed by atoms with Crippen LogP contribution in [-0.2, 0) is 0 Å². The number of hydrogen-bond acceptors (Lipinski definition) is 5. The van der Waals surface area contributed by atoms with E-state index in [4.69, 9.17) is 5.11 Å². The van der Waals surface area contributed by atoms with Gasteiger partial charge >= 0.3 is 5.97 Å². The number of carbonyl (C=O) groups is 1. The molecule has 4 aromatic rings. The van der Waals surface area contributed by atoms with Crippen LogP contribution in [0.5, 0.6) is 0 Å². The molecular weight excluding hydrogens is 325 g/mol. The topological polar surface area (TPSA) is 93.8 Å². The van der Waals surface area contributed by atoms with Crippen LogP contribution >= 0.6 is 0 Å². The molecule has 1 aromatic carbocycles. The summed E-state index contributed by atoms with van der Waals surface area (Å²) in [5.41, 5.74) is 1.41. The van der Waals surface area contributed by atoms with E-state index in [2.05, 4.69) is 19.9 Å². The average molecular weight is 337 g/mol. The Labute approximate surface area is 140 Å². The predicted octanol–water partition coefficient (Wildman–Crippen LogP) is 2.82. The Morgan fingerprint density at radius 3 is 2.92 bits per heavy atom. The zero-order chi connectivity index (χ0) is 17.6. The summed E-state index contributed by atoms with van der Waals surface area (Å²) in [6.45, 7) is 1.79. The highest BCUT2D eigenvalue weighted by atomic mass is 19.1. The normalized spacial score (nSPS) is 12.6. The smallest absolute Gasteiger partial charge is 0.356 e. The zero-order valence-corrected chi connectivity index (χ0v) is 13.1. The van der Waals surface area contributed by atoms with Crippen LogP contribution in [0.25, 0.3) is 22.2 Å². The molecule has 0 amide bonds. The lowest BCUT2D eigenvalue weighted by molar-refractivity contribution is 0.0690. The molecule has 0 saturated carbocycles. The minimum absolute atomic E-state index is 0.190. The van der Waals surface area contributed by atoms with Crippen LogP contribution in [-0.4, -0.2) is 35.6 Å². The number of halogens is 1. The highest BCUT2D eigenvalue weighted by molar-refractivity contribution is 5.86. The van der Waals surface area contributed by atoms with Gasteiger partial charge in [-0.15, -0.1) is 0 Å². The van der Waals surface area contributed by atoms with Crippen LogP contribution in [0.3, 0.4) is 0 Å². The number of aromatic carboxylic acids is 1. The highest BCUT2D eigenvalue weighted by Crippen LogP contribution is 2.27. The van der Waals surface area contributed by atoms with Gasteiger partial charge < -0.3 is 9.67 Å². The minimum Gasteiger partial charge on any atom is -0.476 e. The molecule has 4 rings (SSSR count). The summed E-state index contributed by atoms with van der Waals surface area (Å²) in [4.78, 5) is 27.4. The summed E-state index contributed by atoms with van der Waals surface area (Å²) in [6, 6.07) is 6.29. The van der Waals surface area contributed by atoms with Crippen molar-refractivity contribution in [3.63, 3.8) is 0 Å². The van der Waals surface area contributed by atoms with Gasteiger partial charge in [-0.25, -0.2) is 24.1 Å². The van der Waals surface area contributed by atoms with Crippen molar-refractivity contribution in [1.82, 2.24) is 24.5 Å². The van der Waals surface area contributed by atoms with Crippen LogP contribution in [0.4, 0.5) is 4.39 Å². The maximum Gasteiger partial charge on any atom is 0.356 e. The third kappa shape index (κ3) is 2.47. The molecule has 0 aliphatic heterocycles. The fraction of sp³-hybridized carbons (Fsp3) is 0.118. The molecule has 0 fully saturated rings. The van der Waals surface area contributed by atoms with E-state index in [0.717, 1.165) is 11.6 Å². The monoisotopic (exact) mass is 337 g/mol. The lowest BCUT2D eigenvalue weighted by atomic mass is 10.0. The molecular formula is C17H12FN5O2. The number of pyridine rings is 1. The second-order valence-corrected chi connectivity index (χ2v) is 5.61. The molecule has 124 valence electrons. The Balaban J connectivity index is 1.87. The molecule has 0 saturated heterocycles. The van der Waals surface area contributed by atoms with E-state index in [0.29, 0.717) is 16.7 Å². The second-order valence-electron chi connectivity index (χ2n) is 5.61. The van der Waals surface area contributed by atoms with Crippen molar-refractivity contribution in [2.45, 2.75) is 13.0 Å². The van der Waals surface area contributed by atoms with Crippen LogP contribution in [0.1, 0.15) is 29.0 Å². The Kier molecular flexibility index (Phi) is 3.38. The van der Waals surface area contributed by atoms with Gasteiger partial charge in [0, 0.05) is 23.2 Å². The largest absolute Gasteiger partial charge is 0.476 e. The number of rotatable bonds is 3. The van der Waals surface area contributed by atoms with E-state index in [1.165, 1.54) is 12.4 Å². The van der Waals surface area contributed by atoms with Gasteiger partial charge in [-0.2, -0.15) is 0 Å². The van der Waals surface area contributed by atoms with Gasteiger partial charge in [-0.1, -0.05) is 6.07 Å². The summed E-state index contributed by atoms with van der Waals surface area (Å²) < 4.78 is 16.2. The van der Waals surface area contributed by atoms with Crippen molar-refractivity contribution >= 4 is 28.2 Å². The third-order valence-electron chi connectivity index (χ3n) is 4.09. The average Bonchev–Trinajstić information content (AvgIpc) is 3.03. The number of fused-ring (bicyclic) bond motifs is 2. The molecule has 0 radical (unpaired) electrons. The summed E-state index contributed by atoms with van der Waals surface area (Å²) in [7, 11) is 0. The molecule has 0 aliphatic rings. The molecule has 0 bridgehead atoms. The van der Waals surface area contributed by atoms with Gasteiger partial charge in [0.15, 0.2) is 17.0 Å². The molecule has 25 heavy (non-hydrogen) atoms. The van der Waals surface area contributed by atoms with Gasteiger partial charge in [-0.05, 0) is 19.1 Å². The lowest BCUT2D eigenvalue weighted by Gasteiger charge is -2.16. The van der Waals surface area contributed by atoms with Gasteiger partial charge in [0.05, 0.1) is 24.1 Å². The first kappa shape index (κ1) is 15.1. The number of carboxylic acid groups (broad SMARTS) is 1. The van der Waals surface area contributed by atoms with E-state index in [9.17, 15) is 9.18 Å². The number of benzene rings is 1. The van der Waals surface area contributed by atoms with Crippen molar-refractivity contribution in [1.29, 1.82) is 0 Å². The molecule has 3 aromatic heterocycles. The van der Waals surface area contributed by atoms with E-state index < -0.39 is 17.8 Å². The first-order valence-electron chi connectivity index (χ1n) is 7.51. The molecule has 0 spiro atoms. The number of carboxylic acids is 1. The Bertz CT molecular complexity index is 1120. The van der Waals surface area contributed by atoms with Gasteiger partial charge in [-0.3, -0.25) is 4.98 Å². The number of nitrogens with zero attached hydrogens (tertiary/aromatic N) is 5. The maximum absolute atomic E-state index is 14.6. The van der Waals surface area contributed by atoms with Gasteiger partial charge in [0.25, 0.3) is 0 Å². The zero-order valence-electron chi connectivity index (χ0n) is 13.1. The lowest BCUT2D eigenvalue weighted by Crippen LogP contribution is -2.10. The quantitative estimate of drug-likeness (QED) is 0.618. The number of aromatic nitrogens is 5. The van der Waals surface area contributed by atoms with Crippen molar-refractivity contribution in [2.24, 2.45) is 0 Å². The fourth-order valence-electron chi connectivity index (χ4n) is 2.78. The molecule has 8 heteroatoms. The van der Waals surface area contributed by atoms with E-state index in [1.54, 1.807) is 29.8 Å². The van der Waals surface area contributed by atoms with Crippen LogP contribution in [0.15, 0.2) is 43.0 Å². The predicted molar refractivity (Wildman–Crippen MR) is 87.8 cm³/mol. The van der Waals surface area contributed by atoms with Crippen molar-refractivity contribution < 1.29 is 14.3 Å². The maximum atomic E-state index is 14.6. The van der Waals surface area contributed by atoms with Crippen molar-refractivity contribution in [2.75, 3.05) is 0 Å². The SMILES string of the molecule is CC(c1cc2cccnc2cc1F)n1cnc2ncc(C(=O)O)nc21. The first-order valence-corrected chi connectivity index (χ1v) is 7.51. The summed E-state index contributed by atoms with van der Waals surface area (Å²) >= 11 is 0. The summed E-state index contributed by atoms with van der Waals surface area (Å²) in [6.07, 6.45) is 4.24. The number of imidazole rings is 1. The number of hydrogen-bond donors (Lipinski definition) is 1. The molecule has 3 heterocycles. The van der Waals surface area contributed by atoms with Crippen molar-refractivity contribution in [3.05, 3.63) is 60.1 Å². The first-order chi connectivity index (χ1) is 12.0. The van der Waals surface area contributed by atoms with E-state index in [-0.39, 0.29) is 11.3 Å². The molecule has 1 unspecified atom stereocenters. The molecule has 1 N–H and O–H groups in total. The fourth-order valence-corrected chi connectivity index (χ4v) is 2.78. The highest BCUT2D eigenvalue weighted by Gasteiger charge is 2.19. The molecule has 0 aliphatic carbocycles. The Morgan fingerprint density at radius 1 is 1.28 bits per heavy atom. The van der Waals surface area contributed by atoms with Crippen molar-refractivity contribution in [3.8, 4) is 0 Å². The summed E-state index contributed by atoms with van der Waals surface area (Å²) in [5, 5.41) is 9.90. The van der Waals surface area contributed by atoms with Crippen LogP contribution < -0.4 is 0 Å². The molecule has 7 nitrogen and oxygen atoms in total. The van der Waals surface area contributed by atoms with E-state index in [1.807, 2.05) is 6.07 Å². The van der Waals surface area contributed by atoms with Crippen LogP contribution in [0.2, 0.25) is 0 Å². The summed E-state index contributed by atoms with van der Waals surface area (Å²) in [5.74, 6) is -1.58. The standard InChI is InChI=1S/C17H12FN5O2/c1-9(11-5-10-3-2-4-19-13(10)6-12(11)18)23-8-21-15-16(23)22-14(7-20-15)17(24)25/h2-9H,1H3,(H,24,25). The second kappa shape index (κ2) is 5.59. The third-order valence-corrected chi connectivity index (χ3v) is 4.09. The van der Waals surface area contributed by atoms with Gasteiger partial charge in [0.2, 0.25) is 0 Å². The Hall–Kier alpha value is -3.42.